The van der Waals surface area contributed by atoms with E-state index in [1.165, 1.54) is 0 Å². The highest BCUT2D eigenvalue weighted by atomic mass is 16.5. The van der Waals surface area contributed by atoms with Gasteiger partial charge in [0.15, 0.2) is 5.89 Å². The lowest BCUT2D eigenvalue weighted by Crippen LogP contribution is -2.23. The average Bonchev–Trinajstić information content (AvgIpc) is 2.69. The van der Waals surface area contributed by atoms with E-state index in [4.69, 9.17) is 9.15 Å². The first kappa shape index (κ1) is 13.2. The lowest BCUT2D eigenvalue weighted by molar-refractivity contribution is 0.117. The lowest BCUT2D eigenvalue weighted by atomic mass is 10.3. The third kappa shape index (κ3) is 5.28. The van der Waals surface area contributed by atoms with Gasteiger partial charge in [0.2, 0.25) is 0 Å². The molecule has 0 amide bonds. The second kappa shape index (κ2) is 7.41. The van der Waals surface area contributed by atoms with Crippen LogP contribution in [0.1, 0.15) is 38.8 Å². The van der Waals surface area contributed by atoms with Gasteiger partial charge in [0.1, 0.15) is 12.4 Å². The molecule has 0 aromatic carbocycles. The molecule has 0 fully saturated rings. The maximum atomic E-state index is 5.53. The highest BCUT2D eigenvalue weighted by molar-refractivity contribution is 4.92. The van der Waals surface area contributed by atoms with Crippen LogP contribution < -0.4 is 5.32 Å². The summed E-state index contributed by atoms with van der Waals surface area (Å²) in [6.45, 7) is 8.48. The molecule has 0 saturated heterocycles. The number of ether oxygens (including phenoxy) is 1. The van der Waals surface area contributed by atoms with Crippen LogP contribution in [0, 0.1) is 0 Å². The predicted molar refractivity (Wildman–Crippen MR) is 63.3 cm³/mol. The summed E-state index contributed by atoms with van der Waals surface area (Å²) in [5.74, 6) is 1.62. The Kier molecular flexibility index (Phi) is 6.11. The third-order valence-electron chi connectivity index (χ3n) is 2.17. The summed E-state index contributed by atoms with van der Waals surface area (Å²) in [7, 11) is 0. The normalized spacial score (nSPS) is 11.2. The standard InChI is InChI=1S/C12H22N2O2/c1-4-15-9-11-8-14-12(16-11)6-5-7-13-10(2)3/h8,10,13H,4-7,9H2,1-3H3. The predicted octanol–water partition coefficient (Wildman–Crippen LogP) is 2.14. The fraction of sp³-hybridized carbons (Fsp3) is 0.750. The van der Waals surface area contributed by atoms with Crippen LogP contribution in [0.3, 0.4) is 0 Å². The van der Waals surface area contributed by atoms with Gasteiger partial charge in [-0.05, 0) is 19.9 Å². The monoisotopic (exact) mass is 226 g/mol. The summed E-state index contributed by atoms with van der Waals surface area (Å²) in [6, 6.07) is 0.540. The minimum atomic E-state index is 0.522. The quantitative estimate of drug-likeness (QED) is 0.690. The molecule has 0 spiro atoms. The van der Waals surface area contributed by atoms with Crippen molar-refractivity contribution in [3.63, 3.8) is 0 Å². The first-order chi connectivity index (χ1) is 7.72. The number of aryl methyl sites for hydroxylation is 1. The van der Waals surface area contributed by atoms with Crippen LogP contribution in [-0.4, -0.2) is 24.2 Å². The van der Waals surface area contributed by atoms with Crippen molar-refractivity contribution >= 4 is 0 Å². The number of aromatic nitrogens is 1. The number of hydrogen-bond donors (Lipinski definition) is 1. The van der Waals surface area contributed by atoms with Crippen LogP contribution >= 0.6 is 0 Å². The second-order valence-electron chi connectivity index (χ2n) is 4.07. The molecule has 0 aliphatic heterocycles. The average molecular weight is 226 g/mol. The number of nitrogens with one attached hydrogen (secondary N) is 1. The Bertz CT molecular complexity index is 284. The Morgan fingerprint density at radius 2 is 2.31 bits per heavy atom. The van der Waals surface area contributed by atoms with E-state index in [2.05, 4.69) is 24.1 Å². The van der Waals surface area contributed by atoms with Crippen LogP contribution in [0.4, 0.5) is 0 Å². The van der Waals surface area contributed by atoms with Gasteiger partial charge in [-0.2, -0.15) is 0 Å². The van der Waals surface area contributed by atoms with Crippen molar-refractivity contribution in [2.45, 2.75) is 46.3 Å². The topological polar surface area (TPSA) is 47.3 Å². The molecule has 1 N–H and O–H groups in total. The molecule has 0 radical (unpaired) electrons. The summed E-state index contributed by atoms with van der Waals surface area (Å²) >= 11 is 0. The maximum Gasteiger partial charge on any atom is 0.194 e. The van der Waals surface area contributed by atoms with Gasteiger partial charge >= 0.3 is 0 Å². The summed E-state index contributed by atoms with van der Waals surface area (Å²) in [5.41, 5.74) is 0. The molecule has 4 nitrogen and oxygen atoms in total. The molecule has 1 heterocycles. The van der Waals surface area contributed by atoms with Crippen molar-refractivity contribution in [1.82, 2.24) is 10.3 Å². The third-order valence-corrected chi connectivity index (χ3v) is 2.17. The van der Waals surface area contributed by atoms with E-state index >= 15 is 0 Å². The Balaban J connectivity index is 2.19. The van der Waals surface area contributed by atoms with Gasteiger partial charge in [0.25, 0.3) is 0 Å². The zero-order valence-electron chi connectivity index (χ0n) is 10.5. The van der Waals surface area contributed by atoms with Gasteiger partial charge in [-0.3, -0.25) is 0 Å². The number of hydrogen-bond acceptors (Lipinski definition) is 4. The lowest BCUT2D eigenvalue weighted by Gasteiger charge is -2.05. The molecule has 0 atom stereocenters. The number of nitrogens with zero attached hydrogens (tertiary/aromatic N) is 1. The molecule has 1 rings (SSSR count). The van der Waals surface area contributed by atoms with Crippen molar-refractivity contribution in [2.75, 3.05) is 13.2 Å². The van der Waals surface area contributed by atoms with Gasteiger partial charge in [0, 0.05) is 19.1 Å². The van der Waals surface area contributed by atoms with E-state index < -0.39 is 0 Å². The van der Waals surface area contributed by atoms with Crippen molar-refractivity contribution in [2.24, 2.45) is 0 Å². The zero-order chi connectivity index (χ0) is 11.8. The molecular formula is C12H22N2O2. The zero-order valence-corrected chi connectivity index (χ0v) is 10.5. The molecule has 0 saturated carbocycles. The van der Waals surface area contributed by atoms with Crippen LogP contribution in [0.5, 0.6) is 0 Å². The molecule has 1 aromatic rings. The highest BCUT2D eigenvalue weighted by Gasteiger charge is 2.03. The van der Waals surface area contributed by atoms with E-state index in [0.29, 0.717) is 19.3 Å². The first-order valence-corrected chi connectivity index (χ1v) is 5.97. The first-order valence-electron chi connectivity index (χ1n) is 5.97. The Morgan fingerprint density at radius 3 is 3.00 bits per heavy atom. The van der Waals surface area contributed by atoms with Gasteiger partial charge in [-0.25, -0.2) is 4.98 Å². The van der Waals surface area contributed by atoms with E-state index in [-0.39, 0.29) is 0 Å². The number of oxazole rings is 1. The summed E-state index contributed by atoms with van der Waals surface area (Å²) in [4.78, 5) is 4.21. The summed E-state index contributed by atoms with van der Waals surface area (Å²) in [5, 5.41) is 3.36. The Labute approximate surface area is 97.4 Å². The molecule has 16 heavy (non-hydrogen) atoms. The number of rotatable bonds is 8. The van der Waals surface area contributed by atoms with Crippen molar-refractivity contribution in [1.29, 1.82) is 0 Å². The van der Waals surface area contributed by atoms with Gasteiger partial charge < -0.3 is 14.5 Å². The Morgan fingerprint density at radius 1 is 1.50 bits per heavy atom. The SMILES string of the molecule is CCOCc1cnc(CCCNC(C)C)o1. The second-order valence-corrected chi connectivity index (χ2v) is 4.07. The van der Waals surface area contributed by atoms with Crippen molar-refractivity contribution in [3.8, 4) is 0 Å². The fourth-order valence-electron chi connectivity index (χ4n) is 1.36. The molecule has 0 aliphatic rings. The maximum absolute atomic E-state index is 5.53. The smallest absolute Gasteiger partial charge is 0.194 e. The molecule has 0 bridgehead atoms. The fourth-order valence-corrected chi connectivity index (χ4v) is 1.36. The summed E-state index contributed by atoms with van der Waals surface area (Å²) in [6.07, 6.45) is 3.68. The van der Waals surface area contributed by atoms with Gasteiger partial charge in [-0.15, -0.1) is 0 Å². The molecule has 1 aromatic heterocycles. The minimum Gasteiger partial charge on any atom is -0.443 e. The Hall–Kier alpha value is -0.870. The van der Waals surface area contributed by atoms with Gasteiger partial charge in [0.05, 0.1) is 6.20 Å². The van der Waals surface area contributed by atoms with Gasteiger partial charge in [-0.1, -0.05) is 13.8 Å². The van der Waals surface area contributed by atoms with Crippen LogP contribution in [0.2, 0.25) is 0 Å². The largest absolute Gasteiger partial charge is 0.443 e. The molecule has 4 heteroatoms. The molecule has 0 aliphatic carbocycles. The van der Waals surface area contributed by atoms with Crippen LogP contribution in [0.25, 0.3) is 0 Å². The van der Waals surface area contributed by atoms with Crippen LogP contribution in [0.15, 0.2) is 10.6 Å². The van der Waals surface area contributed by atoms with Crippen molar-refractivity contribution < 1.29 is 9.15 Å². The van der Waals surface area contributed by atoms with E-state index in [0.717, 1.165) is 31.0 Å². The molecular weight excluding hydrogens is 204 g/mol. The van der Waals surface area contributed by atoms with E-state index in [9.17, 15) is 0 Å². The highest BCUT2D eigenvalue weighted by Crippen LogP contribution is 2.07. The van der Waals surface area contributed by atoms with Crippen molar-refractivity contribution in [3.05, 3.63) is 17.8 Å². The van der Waals surface area contributed by atoms with Crippen LogP contribution in [-0.2, 0) is 17.8 Å². The van der Waals surface area contributed by atoms with E-state index in [1.807, 2.05) is 6.92 Å². The molecule has 0 unspecified atom stereocenters. The summed E-state index contributed by atoms with van der Waals surface area (Å²) < 4.78 is 10.8. The van der Waals surface area contributed by atoms with E-state index in [1.54, 1.807) is 6.20 Å². The minimum absolute atomic E-state index is 0.522. The molecule has 92 valence electrons.